The summed E-state index contributed by atoms with van der Waals surface area (Å²) in [6, 6.07) is 5.58. The van der Waals surface area contributed by atoms with Crippen molar-refractivity contribution in [3.63, 3.8) is 0 Å². The van der Waals surface area contributed by atoms with Gasteiger partial charge in [-0.1, -0.05) is 0 Å². The molecule has 3 heterocycles. The van der Waals surface area contributed by atoms with E-state index >= 15 is 0 Å². The van der Waals surface area contributed by atoms with Gasteiger partial charge in [0.05, 0.1) is 30.1 Å². The SMILES string of the molecule is N#Cc1cccnc1Nc1cnn(C[C@H]2CCCO2)c1. The molecule has 1 saturated heterocycles. The molecule has 1 N–H and O–H groups in total. The fraction of sp³-hybridized carbons (Fsp3) is 0.357. The van der Waals surface area contributed by atoms with Crippen molar-refractivity contribution in [1.82, 2.24) is 14.8 Å². The second-order valence-corrected chi connectivity index (χ2v) is 4.72. The van der Waals surface area contributed by atoms with E-state index in [1.807, 2.05) is 10.9 Å². The molecule has 1 aliphatic heterocycles. The highest BCUT2D eigenvalue weighted by molar-refractivity contribution is 5.61. The molecule has 3 rings (SSSR count). The second kappa shape index (κ2) is 5.72. The Morgan fingerprint density at radius 2 is 2.50 bits per heavy atom. The molecule has 6 heteroatoms. The molecule has 6 nitrogen and oxygen atoms in total. The normalized spacial score (nSPS) is 17.9. The Bertz CT molecular complexity index is 624. The number of ether oxygens (including phenoxy) is 1. The summed E-state index contributed by atoms with van der Waals surface area (Å²) in [4.78, 5) is 4.16. The van der Waals surface area contributed by atoms with Gasteiger partial charge in [0.1, 0.15) is 11.9 Å². The van der Waals surface area contributed by atoms with Crippen LogP contribution in [0.4, 0.5) is 11.5 Å². The lowest BCUT2D eigenvalue weighted by Gasteiger charge is -2.08. The lowest BCUT2D eigenvalue weighted by Crippen LogP contribution is -2.15. The zero-order chi connectivity index (χ0) is 13.8. The average Bonchev–Trinajstić information content (AvgIpc) is 3.12. The number of nitrogens with one attached hydrogen (secondary N) is 1. The van der Waals surface area contributed by atoms with E-state index < -0.39 is 0 Å². The zero-order valence-electron chi connectivity index (χ0n) is 11.0. The van der Waals surface area contributed by atoms with Gasteiger partial charge in [-0.3, -0.25) is 4.68 Å². The van der Waals surface area contributed by atoms with E-state index in [1.54, 1.807) is 24.5 Å². The van der Waals surface area contributed by atoms with Crippen molar-refractivity contribution in [3.05, 3.63) is 36.3 Å². The third-order valence-corrected chi connectivity index (χ3v) is 3.24. The van der Waals surface area contributed by atoms with Gasteiger partial charge in [0, 0.05) is 19.0 Å². The monoisotopic (exact) mass is 269 g/mol. The number of hydrogen-bond acceptors (Lipinski definition) is 5. The van der Waals surface area contributed by atoms with Crippen LogP contribution in [0.15, 0.2) is 30.7 Å². The van der Waals surface area contributed by atoms with Gasteiger partial charge in [-0.05, 0) is 25.0 Å². The predicted octanol–water partition coefficient (Wildman–Crippen LogP) is 2.07. The lowest BCUT2D eigenvalue weighted by atomic mass is 10.2. The van der Waals surface area contributed by atoms with Gasteiger partial charge in [-0.15, -0.1) is 0 Å². The Balaban J connectivity index is 1.69. The predicted molar refractivity (Wildman–Crippen MR) is 73.4 cm³/mol. The molecule has 20 heavy (non-hydrogen) atoms. The minimum Gasteiger partial charge on any atom is -0.376 e. The molecule has 0 unspecified atom stereocenters. The van der Waals surface area contributed by atoms with E-state index in [2.05, 4.69) is 21.5 Å². The molecule has 0 amide bonds. The van der Waals surface area contributed by atoms with E-state index in [1.165, 1.54) is 0 Å². The maximum absolute atomic E-state index is 9.02. The van der Waals surface area contributed by atoms with Gasteiger partial charge in [-0.25, -0.2) is 4.98 Å². The van der Waals surface area contributed by atoms with E-state index in [0.717, 1.165) is 31.7 Å². The molecule has 0 radical (unpaired) electrons. The summed E-state index contributed by atoms with van der Waals surface area (Å²) in [5.74, 6) is 0.548. The Labute approximate surface area is 117 Å². The van der Waals surface area contributed by atoms with Gasteiger partial charge in [0.15, 0.2) is 0 Å². The van der Waals surface area contributed by atoms with E-state index in [0.29, 0.717) is 11.4 Å². The van der Waals surface area contributed by atoms with Crippen molar-refractivity contribution >= 4 is 11.5 Å². The van der Waals surface area contributed by atoms with Crippen LogP contribution in [0.3, 0.4) is 0 Å². The van der Waals surface area contributed by atoms with Gasteiger partial charge in [-0.2, -0.15) is 10.4 Å². The summed E-state index contributed by atoms with van der Waals surface area (Å²) >= 11 is 0. The van der Waals surface area contributed by atoms with Crippen LogP contribution in [-0.2, 0) is 11.3 Å². The average molecular weight is 269 g/mol. The topological polar surface area (TPSA) is 75.8 Å². The van der Waals surface area contributed by atoms with Crippen LogP contribution in [0.2, 0.25) is 0 Å². The van der Waals surface area contributed by atoms with Crippen LogP contribution in [0.1, 0.15) is 18.4 Å². The fourth-order valence-electron chi connectivity index (χ4n) is 2.26. The zero-order valence-corrected chi connectivity index (χ0v) is 11.0. The number of nitrogens with zero attached hydrogens (tertiary/aromatic N) is 4. The van der Waals surface area contributed by atoms with Crippen molar-refractivity contribution < 1.29 is 4.74 Å². The first-order valence-electron chi connectivity index (χ1n) is 6.61. The van der Waals surface area contributed by atoms with Crippen LogP contribution in [-0.4, -0.2) is 27.5 Å². The van der Waals surface area contributed by atoms with Crippen LogP contribution in [0.25, 0.3) is 0 Å². The number of nitriles is 1. The van der Waals surface area contributed by atoms with Crippen LogP contribution < -0.4 is 5.32 Å². The summed E-state index contributed by atoms with van der Waals surface area (Å²) < 4.78 is 7.44. The Kier molecular flexibility index (Phi) is 3.61. The number of hydrogen-bond donors (Lipinski definition) is 1. The van der Waals surface area contributed by atoms with E-state index in [-0.39, 0.29) is 6.10 Å². The third kappa shape index (κ3) is 2.78. The molecule has 1 atom stereocenters. The van der Waals surface area contributed by atoms with E-state index in [9.17, 15) is 0 Å². The molecular formula is C14H15N5O. The molecule has 2 aromatic heterocycles. The standard InChI is InChI=1S/C14H15N5O/c15-7-11-3-1-5-16-14(11)18-12-8-17-19(9-12)10-13-4-2-6-20-13/h1,3,5,8-9,13H,2,4,6,10H2,(H,16,18)/t13-/m1/s1. The first-order chi connectivity index (χ1) is 9.85. The highest BCUT2D eigenvalue weighted by Crippen LogP contribution is 2.18. The molecule has 2 aromatic rings. The second-order valence-electron chi connectivity index (χ2n) is 4.72. The third-order valence-electron chi connectivity index (χ3n) is 3.24. The van der Waals surface area contributed by atoms with Gasteiger partial charge >= 0.3 is 0 Å². The molecule has 1 fully saturated rings. The molecule has 102 valence electrons. The number of anilines is 2. The number of rotatable bonds is 4. The molecule has 0 spiro atoms. The van der Waals surface area contributed by atoms with Gasteiger partial charge < -0.3 is 10.1 Å². The minimum atomic E-state index is 0.257. The largest absolute Gasteiger partial charge is 0.376 e. The quantitative estimate of drug-likeness (QED) is 0.919. The summed E-state index contributed by atoms with van der Waals surface area (Å²) in [6.45, 7) is 1.60. The maximum Gasteiger partial charge on any atom is 0.148 e. The summed E-state index contributed by atoms with van der Waals surface area (Å²) in [6.07, 6.45) is 7.74. The molecule has 0 saturated carbocycles. The fourth-order valence-corrected chi connectivity index (χ4v) is 2.26. The van der Waals surface area contributed by atoms with E-state index in [4.69, 9.17) is 10.00 Å². The summed E-state index contributed by atoms with van der Waals surface area (Å²) in [5.41, 5.74) is 1.33. The number of aromatic nitrogens is 3. The molecule has 0 aliphatic carbocycles. The number of pyridine rings is 1. The molecular weight excluding hydrogens is 254 g/mol. The summed E-state index contributed by atoms with van der Waals surface area (Å²) in [5, 5.41) is 16.4. The lowest BCUT2D eigenvalue weighted by molar-refractivity contribution is 0.0940. The Morgan fingerprint density at radius 1 is 1.55 bits per heavy atom. The minimum absolute atomic E-state index is 0.257. The van der Waals surface area contributed by atoms with Crippen LogP contribution in [0, 0.1) is 11.3 Å². The first kappa shape index (κ1) is 12.6. The smallest absolute Gasteiger partial charge is 0.148 e. The van der Waals surface area contributed by atoms with Gasteiger partial charge in [0.2, 0.25) is 0 Å². The van der Waals surface area contributed by atoms with Crippen molar-refractivity contribution in [2.75, 3.05) is 11.9 Å². The highest BCUT2D eigenvalue weighted by Gasteiger charge is 2.16. The van der Waals surface area contributed by atoms with Crippen molar-refractivity contribution in [3.8, 4) is 6.07 Å². The van der Waals surface area contributed by atoms with Crippen molar-refractivity contribution in [2.45, 2.75) is 25.5 Å². The Hall–Kier alpha value is -2.39. The Morgan fingerprint density at radius 3 is 3.30 bits per heavy atom. The first-order valence-corrected chi connectivity index (χ1v) is 6.61. The molecule has 0 bridgehead atoms. The molecule has 0 aromatic carbocycles. The van der Waals surface area contributed by atoms with Gasteiger partial charge in [0.25, 0.3) is 0 Å². The molecule has 1 aliphatic rings. The highest BCUT2D eigenvalue weighted by atomic mass is 16.5. The maximum atomic E-state index is 9.02. The summed E-state index contributed by atoms with van der Waals surface area (Å²) in [7, 11) is 0. The van der Waals surface area contributed by atoms with Crippen LogP contribution in [0.5, 0.6) is 0 Å². The van der Waals surface area contributed by atoms with Crippen molar-refractivity contribution in [1.29, 1.82) is 5.26 Å². The van der Waals surface area contributed by atoms with Crippen LogP contribution >= 0.6 is 0 Å². The van der Waals surface area contributed by atoms with Crippen molar-refractivity contribution in [2.24, 2.45) is 0 Å².